The molecule has 0 saturated carbocycles. The van der Waals surface area contributed by atoms with Crippen molar-refractivity contribution in [2.45, 2.75) is 13.5 Å². The summed E-state index contributed by atoms with van der Waals surface area (Å²) in [5.74, 6) is 0. The second-order valence-corrected chi connectivity index (χ2v) is 4.34. The number of hydrogen-bond donors (Lipinski definition) is 1. The molecule has 2 aromatic rings. The fourth-order valence-corrected chi connectivity index (χ4v) is 2.06. The van der Waals surface area contributed by atoms with E-state index in [1.807, 2.05) is 36.4 Å². The van der Waals surface area contributed by atoms with Gasteiger partial charge in [0.15, 0.2) is 0 Å². The Morgan fingerprint density at radius 2 is 2.17 bits per heavy atom. The number of anilines is 1. The predicted octanol–water partition coefficient (Wildman–Crippen LogP) is 2.82. The quantitative estimate of drug-likeness (QED) is 0.818. The number of para-hydroxylation sites is 1. The number of fused-ring (bicyclic) bond motifs is 1. The van der Waals surface area contributed by atoms with Crippen LogP contribution in [-0.2, 0) is 6.54 Å². The van der Waals surface area contributed by atoms with Gasteiger partial charge in [-0.2, -0.15) is 0 Å². The van der Waals surface area contributed by atoms with Crippen LogP contribution in [0.3, 0.4) is 0 Å². The molecule has 2 rings (SSSR count). The minimum absolute atomic E-state index is 0.797. The van der Waals surface area contributed by atoms with E-state index in [4.69, 9.17) is 5.73 Å². The first-order valence-corrected chi connectivity index (χ1v) is 6.22. The van der Waals surface area contributed by atoms with Crippen LogP contribution in [0.4, 0.5) is 5.69 Å². The van der Waals surface area contributed by atoms with Crippen molar-refractivity contribution in [3.63, 3.8) is 0 Å². The molecule has 3 heteroatoms. The molecule has 0 spiro atoms. The van der Waals surface area contributed by atoms with Gasteiger partial charge in [-0.3, -0.25) is 9.88 Å². The van der Waals surface area contributed by atoms with E-state index >= 15 is 0 Å². The van der Waals surface area contributed by atoms with Gasteiger partial charge in [-0.15, -0.1) is 6.58 Å². The van der Waals surface area contributed by atoms with Crippen LogP contribution in [0.2, 0.25) is 0 Å². The molecule has 2 N–H and O–H groups in total. The van der Waals surface area contributed by atoms with Crippen LogP contribution in [0.5, 0.6) is 0 Å². The highest BCUT2D eigenvalue weighted by Crippen LogP contribution is 2.20. The lowest BCUT2D eigenvalue weighted by atomic mass is 10.1. The van der Waals surface area contributed by atoms with Gasteiger partial charge in [0.05, 0.1) is 11.2 Å². The fraction of sp³-hybridized carbons (Fsp3) is 0.267. The molecule has 0 bridgehead atoms. The van der Waals surface area contributed by atoms with Crippen molar-refractivity contribution in [3.8, 4) is 0 Å². The standard InChI is InChI=1S/C15H19N3/c1-3-9-18(4-2)11-12-10-14(16)13-7-5-6-8-15(13)17-12/h3,5-8,10H,1,4,9,11H2,2H3,(H2,16,17). The number of benzene rings is 1. The van der Waals surface area contributed by atoms with Gasteiger partial charge in [0.25, 0.3) is 0 Å². The maximum Gasteiger partial charge on any atom is 0.0726 e. The van der Waals surface area contributed by atoms with Crippen LogP contribution in [0.15, 0.2) is 43.0 Å². The number of likely N-dealkylation sites (N-methyl/N-ethyl adjacent to an activating group) is 1. The van der Waals surface area contributed by atoms with E-state index in [1.54, 1.807) is 0 Å². The highest BCUT2D eigenvalue weighted by atomic mass is 15.1. The van der Waals surface area contributed by atoms with Crippen molar-refractivity contribution in [2.75, 3.05) is 18.8 Å². The molecule has 0 aliphatic carbocycles. The van der Waals surface area contributed by atoms with Crippen LogP contribution >= 0.6 is 0 Å². The van der Waals surface area contributed by atoms with E-state index in [-0.39, 0.29) is 0 Å². The Bertz CT molecular complexity index is 548. The molecule has 1 heterocycles. The Balaban J connectivity index is 2.31. The van der Waals surface area contributed by atoms with Gasteiger partial charge in [-0.1, -0.05) is 31.2 Å². The topological polar surface area (TPSA) is 42.1 Å². The molecule has 0 aliphatic rings. The summed E-state index contributed by atoms with van der Waals surface area (Å²) in [6, 6.07) is 9.94. The molecule has 3 nitrogen and oxygen atoms in total. The van der Waals surface area contributed by atoms with Crippen molar-refractivity contribution in [2.24, 2.45) is 0 Å². The van der Waals surface area contributed by atoms with Crippen molar-refractivity contribution in [3.05, 3.63) is 48.7 Å². The van der Waals surface area contributed by atoms with Crippen LogP contribution in [0.25, 0.3) is 10.9 Å². The maximum atomic E-state index is 6.07. The van der Waals surface area contributed by atoms with Gasteiger partial charge in [-0.25, -0.2) is 0 Å². The zero-order chi connectivity index (χ0) is 13.0. The molecular formula is C15H19N3. The third-order valence-corrected chi connectivity index (χ3v) is 3.02. The summed E-state index contributed by atoms with van der Waals surface area (Å²) in [7, 11) is 0. The second-order valence-electron chi connectivity index (χ2n) is 4.34. The average molecular weight is 241 g/mol. The SMILES string of the molecule is C=CCN(CC)Cc1cc(N)c2ccccc2n1. The Hall–Kier alpha value is -1.87. The summed E-state index contributed by atoms with van der Waals surface area (Å²) < 4.78 is 0. The van der Waals surface area contributed by atoms with Gasteiger partial charge in [-0.05, 0) is 18.7 Å². The van der Waals surface area contributed by atoms with E-state index in [2.05, 4.69) is 23.4 Å². The van der Waals surface area contributed by atoms with E-state index in [9.17, 15) is 0 Å². The van der Waals surface area contributed by atoms with Crippen molar-refractivity contribution >= 4 is 16.6 Å². The first kappa shape index (κ1) is 12.6. The van der Waals surface area contributed by atoms with E-state index in [1.165, 1.54) is 0 Å². The first-order chi connectivity index (χ1) is 8.74. The summed E-state index contributed by atoms with van der Waals surface area (Å²) in [4.78, 5) is 6.92. The third-order valence-electron chi connectivity index (χ3n) is 3.02. The molecule has 0 fully saturated rings. The molecule has 0 unspecified atom stereocenters. The summed E-state index contributed by atoms with van der Waals surface area (Å²) in [6.45, 7) is 8.55. The number of rotatable bonds is 5. The van der Waals surface area contributed by atoms with E-state index < -0.39 is 0 Å². The minimum atomic E-state index is 0.797. The van der Waals surface area contributed by atoms with Crippen LogP contribution in [0.1, 0.15) is 12.6 Å². The summed E-state index contributed by atoms with van der Waals surface area (Å²) in [6.07, 6.45) is 1.91. The zero-order valence-electron chi connectivity index (χ0n) is 10.8. The van der Waals surface area contributed by atoms with Crippen LogP contribution < -0.4 is 5.73 Å². The first-order valence-electron chi connectivity index (χ1n) is 6.22. The Kier molecular flexibility index (Phi) is 3.95. The van der Waals surface area contributed by atoms with Gasteiger partial charge < -0.3 is 5.73 Å². The normalized spacial score (nSPS) is 11.0. The third kappa shape index (κ3) is 2.68. The molecule has 1 aromatic carbocycles. The predicted molar refractivity (Wildman–Crippen MR) is 77.3 cm³/mol. The molecule has 0 radical (unpaired) electrons. The lowest BCUT2D eigenvalue weighted by Gasteiger charge is -2.18. The number of nitrogens with zero attached hydrogens (tertiary/aromatic N) is 2. The molecule has 0 saturated heterocycles. The fourth-order valence-electron chi connectivity index (χ4n) is 2.06. The van der Waals surface area contributed by atoms with Crippen LogP contribution in [-0.4, -0.2) is 23.0 Å². The summed E-state index contributed by atoms with van der Waals surface area (Å²) >= 11 is 0. The molecule has 0 atom stereocenters. The Morgan fingerprint density at radius 3 is 2.89 bits per heavy atom. The number of pyridine rings is 1. The molecule has 0 aliphatic heterocycles. The summed E-state index contributed by atoms with van der Waals surface area (Å²) in [5.41, 5.74) is 8.84. The monoisotopic (exact) mass is 241 g/mol. The van der Waals surface area contributed by atoms with Gasteiger partial charge >= 0.3 is 0 Å². The van der Waals surface area contributed by atoms with Crippen LogP contribution in [0, 0.1) is 0 Å². The largest absolute Gasteiger partial charge is 0.398 e. The molecular weight excluding hydrogens is 222 g/mol. The minimum Gasteiger partial charge on any atom is -0.398 e. The van der Waals surface area contributed by atoms with E-state index in [0.29, 0.717) is 0 Å². The number of hydrogen-bond acceptors (Lipinski definition) is 3. The second kappa shape index (κ2) is 5.65. The lowest BCUT2D eigenvalue weighted by Crippen LogP contribution is -2.23. The molecule has 94 valence electrons. The Labute approximate surface area is 108 Å². The number of nitrogens with two attached hydrogens (primary N) is 1. The molecule has 0 amide bonds. The molecule has 18 heavy (non-hydrogen) atoms. The van der Waals surface area contributed by atoms with Gasteiger partial charge in [0.2, 0.25) is 0 Å². The number of nitrogen functional groups attached to an aromatic ring is 1. The lowest BCUT2D eigenvalue weighted by molar-refractivity contribution is 0.308. The van der Waals surface area contributed by atoms with Crippen molar-refractivity contribution in [1.82, 2.24) is 9.88 Å². The van der Waals surface area contributed by atoms with Gasteiger partial charge in [0.1, 0.15) is 0 Å². The smallest absolute Gasteiger partial charge is 0.0726 e. The zero-order valence-corrected chi connectivity index (χ0v) is 10.8. The van der Waals surface area contributed by atoms with Gasteiger partial charge in [0, 0.05) is 24.2 Å². The number of aromatic nitrogens is 1. The summed E-state index contributed by atoms with van der Waals surface area (Å²) in [5, 5.41) is 1.02. The van der Waals surface area contributed by atoms with Crippen molar-refractivity contribution in [1.29, 1.82) is 0 Å². The van der Waals surface area contributed by atoms with E-state index in [0.717, 1.165) is 41.9 Å². The maximum absolute atomic E-state index is 6.07. The van der Waals surface area contributed by atoms with Crippen molar-refractivity contribution < 1.29 is 0 Å². The Morgan fingerprint density at radius 1 is 1.39 bits per heavy atom. The highest BCUT2D eigenvalue weighted by molar-refractivity contribution is 5.90. The highest BCUT2D eigenvalue weighted by Gasteiger charge is 2.06. The average Bonchev–Trinajstić information content (AvgIpc) is 2.38. The molecule has 1 aromatic heterocycles.